The van der Waals surface area contributed by atoms with Gasteiger partial charge in [0.15, 0.2) is 0 Å². The molecule has 0 aliphatic carbocycles. The van der Waals surface area contributed by atoms with Crippen molar-refractivity contribution >= 4 is 23.2 Å². The molecule has 0 atom stereocenters. The van der Waals surface area contributed by atoms with Crippen LogP contribution >= 0.6 is 23.2 Å². The summed E-state index contributed by atoms with van der Waals surface area (Å²) in [6.07, 6.45) is 0. The Hall–Kier alpha value is -1.53. The molecule has 4 heteroatoms. The third-order valence-electron chi connectivity index (χ3n) is 2.96. The summed E-state index contributed by atoms with van der Waals surface area (Å²) in [6, 6.07) is 15.2. The van der Waals surface area contributed by atoms with Crippen LogP contribution in [0.1, 0.15) is 16.7 Å². The van der Waals surface area contributed by atoms with Gasteiger partial charge in [0.25, 0.3) is 0 Å². The fraction of sp³-hybridized carbons (Fsp3) is 0.188. The number of halogens is 2. The minimum atomic E-state index is 0.677. The number of hydrogen-bond acceptors (Lipinski definition) is 2. The molecule has 0 aromatic heterocycles. The highest BCUT2D eigenvalue weighted by Gasteiger charge is 2.06. The molecule has 2 rings (SSSR count). The lowest BCUT2D eigenvalue weighted by atomic mass is 10.1. The minimum Gasteiger partial charge on any atom is -0.298 e. The minimum absolute atomic E-state index is 0.677. The molecule has 102 valence electrons. The summed E-state index contributed by atoms with van der Waals surface area (Å²) in [4.78, 5) is 2.13. The standard InChI is InChI=1S/C16H14Cl2N2/c1-20(10-13-4-2-3-12(7-13)9-19)11-14-8-15(17)5-6-16(14)18/h2-8H,10-11H2,1H3. The number of hydrogen-bond donors (Lipinski definition) is 0. The van der Waals surface area contributed by atoms with Crippen LogP contribution in [0.15, 0.2) is 42.5 Å². The molecule has 0 radical (unpaired) electrons. The van der Waals surface area contributed by atoms with Crippen molar-refractivity contribution in [3.05, 3.63) is 69.2 Å². The monoisotopic (exact) mass is 304 g/mol. The van der Waals surface area contributed by atoms with E-state index in [-0.39, 0.29) is 0 Å². The smallest absolute Gasteiger partial charge is 0.0991 e. The van der Waals surface area contributed by atoms with E-state index in [0.29, 0.717) is 22.2 Å². The zero-order chi connectivity index (χ0) is 14.5. The lowest BCUT2D eigenvalue weighted by molar-refractivity contribution is 0.319. The van der Waals surface area contributed by atoms with E-state index in [1.165, 1.54) is 0 Å². The molecule has 0 N–H and O–H groups in total. The van der Waals surface area contributed by atoms with Gasteiger partial charge in [-0.3, -0.25) is 4.90 Å². The molecule has 0 saturated heterocycles. The van der Waals surface area contributed by atoms with Gasteiger partial charge in [-0.15, -0.1) is 0 Å². The van der Waals surface area contributed by atoms with Crippen LogP contribution in [0.5, 0.6) is 0 Å². The molecule has 0 bridgehead atoms. The lowest BCUT2D eigenvalue weighted by Crippen LogP contribution is -2.17. The summed E-state index contributed by atoms with van der Waals surface area (Å²) < 4.78 is 0. The number of benzene rings is 2. The number of nitrogens with zero attached hydrogens (tertiary/aromatic N) is 2. The van der Waals surface area contributed by atoms with Crippen molar-refractivity contribution in [1.29, 1.82) is 5.26 Å². The van der Waals surface area contributed by atoms with E-state index in [1.807, 2.05) is 37.4 Å². The Bertz CT molecular complexity index is 647. The predicted octanol–water partition coefficient (Wildman–Crippen LogP) is 4.50. The Morgan fingerprint density at radius 3 is 2.65 bits per heavy atom. The van der Waals surface area contributed by atoms with Crippen LogP contribution in [0.2, 0.25) is 10.0 Å². The SMILES string of the molecule is CN(Cc1cccc(C#N)c1)Cc1cc(Cl)ccc1Cl. The van der Waals surface area contributed by atoms with Gasteiger partial charge in [-0.05, 0) is 48.5 Å². The first kappa shape index (κ1) is 14.9. The molecule has 2 nitrogen and oxygen atoms in total. The van der Waals surface area contributed by atoms with Gasteiger partial charge >= 0.3 is 0 Å². The molecular weight excluding hydrogens is 291 g/mol. The zero-order valence-corrected chi connectivity index (χ0v) is 12.6. The molecule has 0 spiro atoms. The summed E-state index contributed by atoms with van der Waals surface area (Å²) in [5, 5.41) is 10.3. The van der Waals surface area contributed by atoms with Crippen LogP contribution in [-0.2, 0) is 13.1 Å². The third kappa shape index (κ3) is 3.98. The second-order valence-electron chi connectivity index (χ2n) is 4.72. The van der Waals surface area contributed by atoms with Crippen molar-refractivity contribution in [1.82, 2.24) is 4.90 Å². The average Bonchev–Trinajstić information content (AvgIpc) is 2.43. The Kier molecular flexibility index (Phi) is 5.03. The van der Waals surface area contributed by atoms with Gasteiger partial charge in [-0.25, -0.2) is 0 Å². The zero-order valence-electron chi connectivity index (χ0n) is 11.1. The molecule has 0 aliphatic rings. The van der Waals surface area contributed by atoms with E-state index in [1.54, 1.807) is 12.1 Å². The van der Waals surface area contributed by atoms with Crippen LogP contribution in [-0.4, -0.2) is 11.9 Å². The first-order valence-electron chi connectivity index (χ1n) is 6.20. The largest absolute Gasteiger partial charge is 0.298 e. The summed E-state index contributed by atoms with van der Waals surface area (Å²) in [5.41, 5.74) is 2.78. The Morgan fingerprint density at radius 2 is 1.90 bits per heavy atom. The highest BCUT2D eigenvalue weighted by molar-refractivity contribution is 6.33. The van der Waals surface area contributed by atoms with Gasteiger partial charge in [-0.1, -0.05) is 35.3 Å². The Morgan fingerprint density at radius 1 is 1.10 bits per heavy atom. The van der Waals surface area contributed by atoms with Crippen molar-refractivity contribution in [2.24, 2.45) is 0 Å². The van der Waals surface area contributed by atoms with Crippen LogP contribution in [0.25, 0.3) is 0 Å². The first-order chi connectivity index (χ1) is 9.58. The van der Waals surface area contributed by atoms with E-state index in [4.69, 9.17) is 28.5 Å². The maximum atomic E-state index is 8.90. The Labute approximate surface area is 129 Å². The topological polar surface area (TPSA) is 27.0 Å². The van der Waals surface area contributed by atoms with Crippen LogP contribution in [0.4, 0.5) is 0 Å². The molecule has 20 heavy (non-hydrogen) atoms. The van der Waals surface area contributed by atoms with Gasteiger partial charge in [0.1, 0.15) is 0 Å². The molecule has 0 unspecified atom stereocenters. The first-order valence-corrected chi connectivity index (χ1v) is 6.95. The third-order valence-corrected chi connectivity index (χ3v) is 3.56. The normalized spacial score (nSPS) is 10.6. The fourth-order valence-electron chi connectivity index (χ4n) is 2.06. The summed E-state index contributed by atoms with van der Waals surface area (Å²) in [7, 11) is 2.01. The van der Waals surface area contributed by atoms with Crippen LogP contribution < -0.4 is 0 Å². The average molecular weight is 305 g/mol. The van der Waals surface area contributed by atoms with Crippen molar-refractivity contribution in [3.63, 3.8) is 0 Å². The maximum Gasteiger partial charge on any atom is 0.0991 e. The van der Waals surface area contributed by atoms with E-state index >= 15 is 0 Å². The van der Waals surface area contributed by atoms with Crippen molar-refractivity contribution in [2.75, 3.05) is 7.05 Å². The van der Waals surface area contributed by atoms with Crippen molar-refractivity contribution in [3.8, 4) is 6.07 Å². The van der Waals surface area contributed by atoms with Gasteiger partial charge in [0.05, 0.1) is 11.6 Å². The van der Waals surface area contributed by atoms with E-state index in [2.05, 4.69) is 11.0 Å². The second kappa shape index (κ2) is 6.76. The molecule has 0 heterocycles. The summed E-state index contributed by atoms with van der Waals surface area (Å²) in [5.74, 6) is 0. The van der Waals surface area contributed by atoms with Gasteiger partial charge in [0, 0.05) is 23.1 Å². The molecule has 0 aliphatic heterocycles. The fourth-order valence-corrected chi connectivity index (χ4v) is 2.43. The van der Waals surface area contributed by atoms with Crippen LogP contribution in [0.3, 0.4) is 0 Å². The number of rotatable bonds is 4. The molecule has 0 saturated carbocycles. The molecule has 0 fully saturated rings. The van der Waals surface area contributed by atoms with Gasteiger partial charge in [0.2, 0.25) is 0 Å². The maximum absolute atomic E-state index is 8.90. The molecule has 0 amide bonds. The van der Waals surface area contributed by atoms with E-state index < -0.39 is 0 Å². The quantitative estimate of drug-likeness (QED) is 0.831. The molecule has 2 aromatic rings. The van der Waals surface area contributed by atoms with Crippen molar-refractivity contribution < 1.29 is 0 Å². The summed E-state index contributed by atoms with van der Waals surface area (Å²) >= 11 is 12.1. The van der Waals surface area contributed by atoms with Gasteiger partial charge in [-0.2, -0.15) is 5.26 Å². The lowest BCUT2D eigenvalue weighted by Gasteiger charge is -2.18. The van der Waals surface area contributed by atoms with Gasteiger partial charge < -0.3 is 0 Å². The van der Waals surface area contributed by atoms with E-state index in [0.717, 1.165) is 17.7 Å². The summed E-state index contributed by atoms with van der Waals surface area (Å²) in [6.45, 7) is 1.45. The Balaban J connectivity index is 2.07. The molecular formula is C16H14Cl2N2. The van der Waals surface area contributed by atoms with E-state index in [9.17, 15) is 0 Å². The highest BCUT2D eigenvalue weighted by Crippen LogP contribution is 2.22. The predicted molar refractivity (Wildman–Crippen MR) is 82.8 cm³/mol. The molecule has 2 aromatic carbocycles. The highest BCUT2D eigenvalue weighted by atomic mass is 35.5. The number of nitriles is 1. The second-order valence-corrected chi connectivity index (χ2v) is 5.56. The van der Waals surface area contributed by atoms with Crippen molar-refractivity contribution in [2.45, 2.75) is 13.1 Å². The van der Waals surface area contributed by atoms with Crippen LogP contribution in [0, 0.1) is 11.3 Å².